The minimum Gasteiger partial charge on any atom is -0.399 e. The maximum Gasteiger partial charge on any atom is 0.694 e. The van der Waals surface area contributed by atoms with Gasteiger partial charge in [-0.1, -0.05) is 0 Å². The molecular formula is C4H5BF6O5. The van der Waals surface area contributed by atoms with Crippen LogP contribution in [0.25, 0.3) is 0 Å². The van der Waals surface area contributed by atoms with Crippen LogP contribution in [-0.4, -0.2) is 37.9 Å². The van der Waals surface area contributed by atoms with Crippen molar-refractivity contribution < 1.29 is 50.8 Å². The second-order valence-electron chi connectivity index (χ2n) is 2.25. The van der Waals surface area contributed by atoms with Gasteiger partial charge in [0.25, 0.3) is 0 Å². The van der Waals surface area contributed by atoms with Gasteiger partial charge in [-0.15, -0.1) is 0 Å². The average Bonchev–Trinajstić information content (AvgIpc) is 1.98. The van der Waals surface area contributed by atoms with E-state index in [0.29, 0.717) is 0 Å². The Kier molecular flexibility index (Phi) is 6.03. The Hall–Kier alpha value is -0.555. The predicted octanol–water partition coefficient (Wildman–Crippen LogP) is 0.985. The molecule has 0 aromatic heterocycles. The summed E-state index contributed by atoms with van der Waals surface area (Å²) in [4.78, 5) is 13.7. The van der Waals surface area contributed by atoms with E-state index in [1.54, 1.807) is 0 Å². The first-order chi connectivity index (χ1) is 7.10. The monoisotopic (exact) mass is 258 g/mol. The summed E-state index contributed by atoms with van der Waals surface area (Å²) in [5, 5.41) is 8.41. The maximum absolute atomic E-state index is 11.4. The lowest BCUT2D eigenvalue weighted by Gasteiger charge is -2.10. The minimum atomic E-state index is -4.72. The quantitative estimate of drug-likeness (QED) is 0.333. The molecule has 0 atom stereocenters. The van der Waals surface area contributed by atoms with E-state index in [-0.39, 0.29) is 0 Å². The van der Waals surface area contributed by atoms with Crippen LogP contribution in [0.5, 0.6) is 0 Å². The van der Waals surface area contributed by atoms with Gasteiger partial charge < -0.3 is 5.02 Å². The average molecular weight is 258 g/mol. The van der Waals surface area contributed by atoms with Crippen molar-refractivity contribution in [2.45, 2.75) is 12.4 Å². The van der Waals surface area contributed by atoms with E-state index in [2.05, 4.69) is 19.4 Å². The Balaban J connectivity index is 3.49. The molecule has 0 unspecified atom stereocenters. The summed E-state index contributed by atoms with van der Waals surface area (Å²) in [6, 6.07) is 0. The van der Waals surface area contributed by atoms with Gasteiger partial charge in [-0.05, 0) is 0 Å². The minimum absolute atomic E-state index is 1.87. The topological polar surface area (TPSA) is 57.2 Å². The van der Waals surface area contributed by atoms with E-state index in [4.69, 9.17) is 5.02 Å². The van der Waals surface area contributed by atoms with Gasteiger partial charge in [0.1, 0.15) is 0 Å². The summed E-state index contributed by atoms with van der Waals surface area (Å²) >= 11 is 0. The molecule has 1 N–H and O–H groups in total. The van der Waals surface area contributed by atoms with Crippen LogP contribution in [0.15, 0.2) is 0 Å². The van der Waals surface area contributed by atoms with Gasteiger partial charge in [0.05, 0.1) is 0 Å². The lowest BCUT2D eigenvalue weighted by Crippen LogP contribution is -2.28. The lowest BCUT2D eigenvalue weighted by atomic mass is 10.3. The van der Waals surface area contributed by atoms with Crippen molar-refractivity contribution in [3.05, 3.63) is 0 Å². The Morgan fingerprint density at radius 3 is 1.38 bits per heavy atom. The number of hydrogen-bond donors (Lipinski definition) is 1. The van der Waals surface area contributed by atoms with E-state index in [1.165, 1.54) is 0 Å². The summed E-state index contributed by atoms with van der Waals surface area (Å²) in [5.41, 5.74) is 0. The summed E-state index contributed by atoms with van der Waals surface area (Å²) in [6.07, 6.45) is -9.43. The van der Waals surface area contributed by atoms with E-state index < -0.39 is 32.9 Å². The van der Waals surface area contributed by atoms with Gasteiger partial charge in [-0.2, -0.15) is 26.3 Å². The van der Waals surface area contributed by atoms with Crippen molar-refractivity contribution in [3.63, 3.8) is 0 Å². The first-order valence-electron chi connectivity index (χ1n) is 3.48. The van der Waals surface area contributed by atoms with Crippen molar-refractivity contribution in [3.8, 4) is 0 Å². The Labute approximate surface area is 84.9 Å². The van der Waals surface area contributed by atoms with Crippen molar-refractivity contribution >= 4 is 7.32 Å². The fourth-order valence-corrected chi connectivity index (χ4v) is 0.334. The normalized spacial score (nSPS) is 12.9. The zero-order valence-corrected chi connectivity index (χ0v) is 7.34. The first-order valence-corrected chi connectivity index (χ1v) is 3.48. The highest BCUT2D eigenvalue weighted by Gasteiger charge is 2.32. The maximum atomic E-state index is 11.4. The third-order valence-corrected chi connectivity index (χ3v) is 0.746. The highest BCUT2D eigenvalue weighted by molar-refractivity contribution is 6.33. The highest BCUT2D eigenvalue weighted by atomic mass is 19.4. The summed E-state index contributed by atoms with van der Waals surface area (Å²) in [7, 11) is -2.52. The number of halogens is 6. The molecule has 16 heavy (non-hydrogen) atoms. The van der Waals surface area contributed by atoms with Crippen LogP contribution in [0.3, 0.4) is 0 Å². The Morgan fingerprint density at radius 2 is 1.12 bits per heavy atom. The molecular weight excluding hydrogens is 253 g/mol. The molecule has 0 aromatic carbocycles. The van der Waals surface area contributed by atoms with Gasteiger partial charge in [-0.3, -0.25) is 0 Å². The molecule has 0 aliphatic carbocycles. The molecule has 0 aliphatic rings. The summed E-state index contributed by atoms with van der Waals surface area (Å²) in [6.45, 7) is -3.74. The standard InChI is InChI=1S/C4H5BF6O5/c6-3(7,8)1-13-15-5(12)16-14-2-4(9,10)11/h12H,1-2H2. The van der Waals surface area contributed by atoms with E-state index in [0.717, 1.165) is 0 Å². The van der Waals surface area contributed by atoms with E-state index in [9.17, 15) is 26.3 Å². The van der Waals surface area contributed by atoms with Crippen LogP contribution in [-0.2, 0) is 19.4 Å². The smallest absolute Gasteiger partial charge is 0.399 e. The third kappa shape index (κ3) is 11.5. The van der Waals surface area contributed by atoms with E-state index >= 15 is 0 Å². The largest absolute Gasteiger partial charge is 0.694 e. The Bertz CT molecular complexity index is 174. The fourth-order valence-electron chi connectivity index (χ4n) is 0.334. The zero-order chi connectivity index (χ0) is 12.8. The lowest BCUT2D eigenvalue weighted by molar-refractivity contribution is -0.343. The molecule has 96 valence electrons. The molecule has 0 heterocycles. The number of alkyl halides is 6. The number of rotatable bonds is 6. The number of hydrogen-bond acceptors (Lipinski definition) is 5. The van der Waals surface area contributed by atoms with Gasteiger partial charge >= 0.3 is 19.7 Å². The van der Waals surface area contributed by atoms with Crippen LogP contribution < -0.4 is 0 Å². The molecule has 0 fully saturated rings. The van der Waals surface area contributed by atoms with Gasteiger partial charge in [0.15, 0.2) is 13.2 Å². The predicted molar refractivity (Wildman–Crippen MR) is 34.2 cm³/mol. The van der Waals surface area contributed by atoms with Crippen LogP contribution in [0.2, 0.25) is 0 Å². The fraction of sp³-hybridized carbons (Fsp3) is 1.00. The molecule has 12 heteroatoms. The van der Waals surface area contributed by atoms with Crippen molar-refractivity contribution in [2.75, 3.05) is 13.2 Å². The van der Waals surface area contributed by atoms with Gasteiger partial charge in [-0.25, -0.2) is 19.4 Å². The summed E-state index contributed by atoms with van der Waals surface area (Å²) < 4.78 is 68.4. The molecule has 0 aromatic rings. The van der Waals surface area contributed by atoms with Gasteiger partial charge in [0.2, 0.25) is 0 Å². The van der Waals surface area contributed by atoms with Crippen LogP contribution in [0, 0.1) is 0 Å². The second-order valence-corrected chi connectivity index (χ2v) is 2.25. The molecule has 0 saturated heterocycles. The third-order valence-electron chi connectivity index (χ3n) is 0.746. The van der Waals surface area contributed by atoms with E-state index in [1.807, 2.05) is 0 Å². The summed E-state index contributed by atoms with van der Waals surface area (Å²) in [5.74, 6) is 0. The molecule has 0 bridgehead atoms. The molecule has 5 nitrogen and oxygen atoms in total. The molecule has 0 aliphatic heterocycles. The first kappa shape index (κ1) is 15.4. The highest BCUT2D eigenvalue weighted by Crippen LogP contribution is 2.15. The van der Waals surface area contributed by atoms with Crippen molar-refractivity contribution in [1.29, 1.82) is 0 Å². The van der Waals surface area contributed by atoms with Crippen molar-refractivity contribution in [2.24, 2.45) is 0 Å². The second kappa shape index (κ2) is 6.25. The molecule has 0 radical (unpaired) electrons. The van der Waals surface area contributed by atoms with Gasteiger partial charge in [0, 0.05) is 0 Å². The zero-order valence-electron chi connectivity index (χ0n) is 7.34. The van der Waals surface area contributed by atoms with Crippen LogP contribution in [0.1, 0.15) is 0 Å². The Morgan fingerprint density at radius 1 is 0.812 bits per heavy atom. The van der Waals surface area contributed by atoms with Crippen LogP contribution in [0.4, 0.5) is 26.3 Å². The molecule has 0 rings (SSSR count). The molecule has 0 amide bonds. The SMILES string of the molecule is OB(OOCC(F)(F)F)OOCC(F)(F)F. The molecule has 0 spiro atoms. The van der Waals surface area contributed by atoms with Crippen LogP contribution >= 0.6 is 0 Å². The van der Waals surface area contributed by atoms with Crippen molar-refractivity contribution in [1.82, 2.24) is 0 Å². The molecule has 0 saturated carbocycles.